The lowest BCUT2D eigenvalue weighted by Crippen LogP contribution is -2.48. The zero-order chi connectivity index (χ0) is 14.0. The summed E-state index contributed by atoms with van der Waals surface area (Å²) in [6.45, 7) is 11.1. The topological polar surface area (TPSA) is 24.9 Å². The standard InChI is InChI=1S/C16H26N2O2/c1-2-19-14-12-17-8-10-18(11-9-17)13-15-20-16-6-4-3-5-7-16/h3-7H,2,8-15H2,1H3. The van der Waals surface area contributed by atoms with Crippen molar-refractivity contribution in [2.75, 3.05) is 59.1 Å². The third kappa shape index (κ3) is 5.49. The number of rotatable bonds is 8. The van der Waals surface area contributed by atoms with E-state index in [0.29, 0.717) is 0 Å². The molecule has 4 heteroatoms. The van der Waals surface area contributed by atoms with E-state index in [1.807, 2.05) is 37.3 Å². The van der Waals surface area contributed by atoms with E-state index in [0.717, 1.165) is 64.8 Å². The van der Waals surface area contributed by atoms with Crippen LogP contribution in [0.15, 0.2) is 30.3 Å². The number of piperazine rings is 1. The number of hydrogen-bond acceptors (Lipinski definition) is 4. The van der Waals surface area contributed by atoms with Gasteiger partial charge in [-0.25, -0.2) is 0 Å². The average Bonchev–Trinajstić information content (AvgIpc) is 2.50. The lowest BCUT2D eigenvalue weighted by Gasteiger charge is -2.34. The molecule has 112 valence electrons. The Hall–Kier alpha value is -1.10. The van der Waals surface area contributed by atoms with Gasteiger partial charge in [-0.3, -0.25) is 9.80 Å². The van der Waals surface area contributed by atoms with E-state index >= 15 is 0 Å². The minimum Gasteiger partial charge on any atom is -0.492 e. The van der Waals surface area contributed by atoms with Gasteiger partial charge in [0, 0.05) is 45.9 Å². The molecule has 1 heterocycles. The van der Waals surface area contributed by atoms with Crippen LogP contribution in [0.25, 0.3) is 0 Å². The predicted molar refractivity (Wildman–Crippen MR) is 81.3 cm³/mol. The van der Waals surface area contributed by atoms with Gasteiger partial charge in [-0.1, -0.05) is 18.2 Å². The molecule has 4 nitrogen and oxygen atoms in total. The van der Waals surface area contributed by atoms with Crippen LogP contribution >= 0.6 is 0 Å². The monoisotopic (exact) mass is 278 g/mol. The largest absolute Gasteiger partial charge is 0.492 e. The molecule has 1 aliphatic heterocycles. The van der Waals surface area contributed by atoms with Gasteiger partial charge in [-0.05, 0) is 19.1 Å². The van der Waals surface area contributed by atoms with Gasteiger partial charge < -0.3 is 9.47 Å². The fourth-order valence-corrected chi connectivity index (χ4v) is 2.38. The van der Waals surface area contributed by atoms with Crippen molar-refractivity contribution in [3.05, 3.63) is 30.3 Å². The zero-order valence-corrected chi connectivity index (χ0v) is 12.5. The van der Waals surface area contributed by atoms with Crippen LogP contribution in [0.4, 0.5) is 0 Å². The quantitative estimate of drug-likeness (QED) is 0.676. The molecular formula is C16H26N2O2. The zero-order valence-electron chi connectivity index (χ0n) is 12.5. The summed E-state index contributed by atoms with van der Waals surface area (Å²) >= 11 is 0. The molecule has 1 aromatic carbocycles. The van der Waals surface area contributed by atoms with E-state index < -0.39 is 0 Å². The molecule has 1 fully saturated rings. The first-order valence-electron chi connectivity index (χ1n) is 7.59. The first kappa shape index (κ1) is 15.3. The van der Waals surface area contributed by atoms with Gasteiger partial charge in [0.25, 0.3) is 0 Å². The SMILES string of the molecule is CCOCCN1CCN(CCOc2ccccc2)CC1. The lowest BCUT2D eigenvalue weighted by atomic mass is 10.3. The van der Waals surface area contributed by atoms with E-state index in [2.05, 4.69) is 9.80 Å². The van der Waals surface area contributed by atoms with Crippen LogP contribution in [0.1, 0.15) is 6.92 Å². The van der Waals surface area contributed by atoms with Crippen molar-refractivity contribution in [2.24, 2.45) is 0 Å². The molecule has 0 N–H and O–H groups in total. The summed E-state index contributed by atoms with van der Waals surface area (Å²) in [7, 11) is 0. The van der Waals surface area contributed by atoms with Crippen molar-refractivity contribution in [1.29, 1.82) is 0 Å². The Bertz CT molecular complexity index is 351. The maximum Gasteiger partial charge on any atom is 0.119 e. The van der Waals surface area contributed by atoms with Gasteiger partial charge in [-0.15, -0.1) is 0 Å². The van der Waals surface area contributed by atoms with E-state index in [-0.39, 0.29) is 0 Å². The maximum atomic E-state index is 5.74. The fraction of sp³-hybridized carbons (Fsp3) is 0.625. The number of hydrogen-bond donors (Lipinski definition) is 0. The average molecular weight is 278 g/mol. The smallest absolute Gasteiger partial charge is 0.119 e. The molecule has 0 saturated carbocycles. The first-order chi connectivity index (χ1) is 9.88. The highest BCUT2D eigenvalue weighted by molar-refractivity contribution is 5.20. The summed E-state index contributed by atoms with van der Waals surface area (Å²) in [5, 5.41) is 0. The van der Waals surface area contributed by atoms with Crippen LogP contribution in [0.5, 0.6) is 5.75 Å². The normalized spacial score (nSPS) is 17.2. The molecule has 0 aliphatic carbocycles. The van der Waals surface area contributed by atoms with Crippen LogP contribution < -0.4 is 4.74 Å². The van der Waals surface area contributed by atoms with Gasteiger partial charge in [0.05, 0.1) is 6.61 Å². The Balaban J connectivity index is 1.55. The Labute approximate surface area is 122 Å². The number of nitrogens with zero attached hydrogens (tertiary/aromatic N) is 2. The molecule has 0 bridgehead atoms. The summed E-state index contributed by atoms with van der Waals surface area (Å²) in [6, 6.07) is 10.0. The Morgan fingerprint density at radius 1 is 0.900 bits per heavy atom. The highest BCUT2D eigenvalue weighted by atomic mass is 16.5. The number of ether oxygens (including phenoxy) is 2. The highest BCUT2D eigenvalue weighted by Crippen LogP contribution is 2.08. The van der Waals surface area contributed by atoms with Crippen LogP contribution in [0.2, 0.25) is 0 Å². The van der Waals surface area contributed by atoms with Crippen molar-refractivity contribution in [2.45, 2.75) is 6.92 Å². The molecule has 20 heavy (non-hydrogen) atoms. The van der Waals surface area contributed by atoms with E-state index in [9.17, 15) is 0 Å². The molecule has 0 amide bonds. The number of benzene rings is 1. The van der Waals surface area contributed by atoms with Gasteiger partial charge >= 0.3 is 0 Å². The molecule has 1 saturated heterocycles. The second kappa shape index (κ2) is 8.95. The summed E-state index contributed by atoms with van der Waals surface area (Å²) < 4.78 is 11.1. The third-order valence-electron chi connectivity index (χ3n) is 3.64. The highest BCUT2D eigenvalue weighted by Gasteiger charge is 2.16. The van der Waals surface area contributed by atoms with Crippen molar-refractivity contribution >= 4 is 0 Å². The predicted octanol–water partition coefficient (Wildman–Crippen LogP) is 1.72. The van der Waals surface area contributed by atoms with Crippen LogP contribution in [0, 0.1) is 0 Å². The fourth-order valence-electron chi connectivity index (χ4n) is 2.38. The lowest BCUT2D eigenvalue weighted by molar-refractivity contribution is 0.0759. The second-order valence-corrected chi connectivity index (χ2v) is 5.04. The summed E-state index contributed by atoms with van der Waals surface area (Å²) in [4.78, 5) is 4.95. The van der Waals surface area contributed by atoms with Crippen molar-refractivity contribution in [3.8, 4) is 5.75 Å². The van der Waals surface area contributed by atoms with Crippen molar-refractivity contribution < 1.29 is 9.47 Å². The van der Waals surface area contributed by atoms with Crippen LogP contribution in [0.3, 0.4) is 0 Å². The molecule has 0 aromatic heterocycles. The van der Waals surface area contributed by atoms with Gasteiger partial charge in [0.1, 0.15) is 12.4 Å². The van der Waals surface area contributed by atoms with Gasteiger partial charge in [0.2, 0.25) is 0 Å². The van der Waals surface area contributed by atoms with Gasteiger partial charge in [-0.2, -0.15) is 0 Å². The summed E-state index contributed by atoms with van der Waals surface area (Å²) in [5.74, 6) is 0.961. The summed E-state index contributed by atoms with van der Waals surface area (Å²) in [5.41, 5.74) is 0. The first-order valence-corrected chi connectivity index (χ1v) is 7.59. The molecule has 2 rings (SSSR count). The summed E-state index contributed by atoms with van der Waals surface area (Å²) in [6.07, 6.45) is 0. The molecule has 0 unspecified atom stereocenters. The van der Waals surface area contributed by atoms with Crippen molar-refractivity contribution in [3.63, 3.8) is 0 Å². The van der Waals surface area contributed by atoms with E-state index in [1.54, 1.807) is 0 Å². The minimum absolute atomic E-state index is 0.767. The Morgan fingerprint density at radius 3 is 2.10 bits per heavy atom. The molecule has 1 aromatic rings. The molecule has 0 spiro atoms. The van der Waals surface area contributed by atoms with E-state index in [4.69, 9.17) is 9.47 Å². The molecule has 0 atom stereocenters. The van der Waals surface area contributed by atoms with Crippen LogP contribution in [-0.4, -0.2) is 68.9 Å². The maximum absolute atomic E-state index is 5.74. The third-order valence-corrected chi connectivity index (χ3v) is 3.64. The number of para-hydroxylation sites is 1. The van der Waals surface area contributed by atoms with Gasteiger partial charge in [0.15, 0.2) is 0 Å². The van der Waals surface area contributed by atoms with E-state index in [1.165, 1.54) is 0 Å². The van der Waals surface area contributed by atoms with Crippen molar-refractivity contribution in [1.82, 2.24) is 9.80 Å². The molecule has 0 radical (unpaired) electrons. The second-order valence-electron chi connectivity index (χ2n) is 5.04. The van der Waals surface area contributed by atoms with Crippen LogP contribution in [-0.2, 0) is 4.74 Å². The minimum atomic E-state index is 0.767. The Morgan fingerprint density at radius 2 is 1.50 bits per heavy atom. The molecular weight excluding hydrogens is 252 g/mol. The molecule has 1 aliphatic rings. The Kier molecular flexibility index (Phi) is 6.84.